The predicted octanol–water partition coefficient (Wildman–Crippen LogP) is 1.46. The van der Waals surface area contributed by atoms with E-state index in [1.165, 1.54) is 5.56 Å². The SMILES string of the molecule is Nc1cccc2c1CC(C(=O)O)CC2.[Re]. The number of nitrogens with two attached hydrogens (primary N) is 1. The summed E-state index contributed by atoms with van der Waals surface area (Å²) in [6, 6.07) is 5.79. The average molecular weight is 377 g/mol. The van der Waals surface area contributed by atoms with Crippen LogP contribution in [0, 0.1) is 5.92 Å². The first-order valence-corrected chi connectivity index (χ1v) is 4.77. The van der Waals surface area contributed by atoms with Gasteiger partial charge in [-0.3, -0.25) is 4.79 Å². The van der Waals surface area contributed by atoms with Crippen LogP contribution in [-0.4, -0.2) is 11.1 Å². The zero-order valence-electron chi connectivity index (χ0n) is 8.24. The zero-order valence-corrected chi connectivity index (χ0v) is 11.0. The topological polar surface area (TPSA) is 63.3 Å². The van der Waals surface area contributed by atoms with Gasteiger partial charge in [0.2, 0.25) is 0 Å². The van der Waals surface area contributed by atoms with E-state index in [9.17, 15) is 4.79 Å². The molecule has 0 aliphatic heterocycles. The molecule has 0 saturated carbocycles. The Labute approximate surface area is 102 Å². The van der Waals surface area contributed by atoms with Crippen molar-refractivity contribution in [3.8, 4) is 0 Å². The number of nitrogen functional groups attached to an aromatic ring is 1. The Kier molecular flexibility index (Phi) is 3.90. The van der Waals surface area contributed by atoms with Crippen molar-refractivity contribution in [2.75, 3.05) is 5.73 Å². The number of aryl methyl sites for hydroxylation is 1. The van der Waals surface area contributed by atoms with Crippen LogP contribution in [0.5, 0.6) is 0 Å². The number of carboxylic acid groups (broad SMARTS) is 1. The molecule has 0 amide bonds. The van der Waals surface area contributed by atoms with Crippen molar-refractivity contribution in [2.45, 2.75) is 19.3 Å². The van der Waals surface area contributed by atoms with Crippen LogP contribution in [0.25, 0.3) is 0 Å². The van der Waals surface area contributed by atoms with Gasteiger partial charge in [0, 0.05) is 26.1 Å². The first-order valence-electron chi connectivity index (χ1n) is 4.77. The van der Waals surface area contributed by atoms with Gasteiger partial charge in [0.05, 0.1) is 5.92 Å². The van der Waals surface area contributed by atoms with Gasteiger partial charge in [-0.1, -0.05) is 12.1 Å². The van der Waals surface area contributed by atoms with E-state index in [2.05, 4.69) is 0 Å². The minimum atomic E-state index is -0.709. The van der Waals surface area contributed by atoms with Gasteiger partial charge in [0.25, 0.3) is 0 Å². The maximum absolute atomic E-state index is 10.8. The Hall–Kier alpha value is -0.848. The number of benzene rings is 1. The molecule has 1 atom stereocenters. The predicted molar refractivity (Wildman–Crippen MR) is 54.0 cm³/mol. The largest absolute Gasteiger partial charge is 0.481 e. The second-order valence-corrected chi connectivity index (χ2v) is 3.76. The van der Waals surface area contributed by atoms with Gasteiger partial charge < -0.3 is 10.8 Å². The third kappa shape index (κ3) is 2.39. The fourth-order valence-electron chi connectivity index (χ4n) is 2.03. The molecule has 0 aromatic heterocycles. The van der Waals surface area contributed by atoms with E-state index in [4.69, 9.17) is 10.8 Å². The number of rotatable bonds is 1. The van der Waals surface area contributed by atoms with Crippen LogP contribution in [-0.2, 0) is 38.1 Å². The summed E-state index contributed by atoms with van der Waals surface area (Å²) in [4.78, 5) is 10.8. The van der Waals surface area contributed by atoms with Crippen LogP contribution in [0.1, 0.15) is 17.5 Å². The van der Waals surface area contributed by atoms with Crippen molar-refractivity contribution in [3.05, 3.63) is 29.3 Å². The van der Waals surface area contributed by atoms with Crippen LogP contribution in [0.3, 0.4) is 0 Å². The number of fused-ring (bicyclic) bond motifs is 1. The number of anilines is 1. The first kappa shape index (κ1) is 12.2. The second kappa shape index (κ2) is 4.78. The quantitative estimate of drug-likeness (QED) is 0.729. The van der Waals surface area contributed by atoms with Gasteiger partial charge in [-0.2, -0.15) is 0 Å². The number of carbonyl (C=O) groups is 1. The molecule has 4 heteroatoms. The molecule has 15 heavy (non-hydrogen) atoms. The summed E-state index contributed by atoms with van der Waals surface area (Å²) in [6.07, 6.45) is 2.14. The monoisotopic (exact) mass is 378 g/mol. The van der Waals surface area contributed by atoms with E-state index >= 15 is 0 Å². The molecule has 3 nitrogen and oxygen atoms in total. The van der Waals surface area contributed by atoms with Crippen molar-refractivity contribution in [3.63, 3.8) is 0 Å². The number of hydrogen-bond donors (Lipinski definition) is 2. The van der Waals surface area contributed by atoms with Gasteiger partial charge in [0.1, 0.15) is 0 Å². The van der Waals surface area contributed by atoms with E-state index in [-0.39, 0.29) is 26.3 Å². The fourth-order valence-corrected chi connectivity index (χ4v) is 2.03. The Balaban J connectivity index is 0.00000112. The molecule has 0 saturated heterocycles. The summed E-state index contributed by atoms with van der Waals surface area (Å²) in [5.74, 6) is -0.967. The van der Waals surface area contributed by atoms with Crippen LogP contribution < -0.4 is 5.73 Å². The molecule has 0 fully saturated rings. The number of carboxylic acids is 1. The molecule has 1 unspecified atom stereocenters. The van der Waals surface area contributed by atoms with Crippen molar-refractivity contribution in [2.24, 2.45) is 5.92 Å². The molecular weight excluding hydrogens is 364 g/mol. The molecule has 1 aliphatic carbocycles. The zero-order chi connectivity index (χ0) is 10.1. The van der Waals surface area contributed by atoms with Crippen LogP contribution in [0.15, 0.2) is 18.2 Å². The molecule has 0 heterocycles. The number of hydrogen-bond acceptors (Lipinski definition) is 2. The van der Waals surface area contributed by atoms with Gasteiger partial charge in [0.15, 0.2) is 0 Å². The van der Waals surface area contributed by atoms with E-state index in [0.29, 0.717) is 6.42 Å². The van der Waals surface area contributed by atoms with Crippen molar-refractivity contribution in [1.29, 1.82) is 0 Å². The summed E-state index contributed by atoms with van der Waals surface area (Å²) in [5, 5.41) is 8.91. The van der Waals surface area contributed by atoms with Gasteiger partial charge in [-0.05, 0) is 36.5 Å². The molecule has 81 valence electrons. The Morgan fingerprint density at radius 1 is 1.47 bits per heavy atom. The summed E-state index contributed by atoms with van der Waals surface area (Å²) in [6.45, 7) is 0. The van der Waals surface area contributed by atoms with Crippen LogP contribution in [0.2, 0.25) is 0 Å². The van der Waals surface area contributed by atoms with Crippen LogP contribution in [0.4, 0.5) is 5.69 Å². The molecule has 1 radical (unpaired) electrons. The molecule has 1 aliphatic rings. The molecule has 1 aromatic carbocycles. The van der Waals surface area contributed by atoms with Crippen LogP contribution >= 0.6 is 0 Å². The van der Waals surface area contributed by atoms with Gasteiger partial charge in [-0.15, -0.1) is 0 Å². The maximum Gasteiger partial charge on any atom is 0.306 e. The Morgan fingerprint density at radius 3 is 2.87 bits per heavy atom. The Bertz CT molecular complexity index is 379. The molecule has 0 spiro atoms. The summed E-state index contributed by atoms with van der Waals surface area (Å²) < 4.78 is 0. The van der Waals surface area contributed by atoms with Gasteiger partial charge >= 0.3 is 5.97 Å². The van der Waals surface area contributed by atoms with E-state index in [1.54, 1.807) is 0 Å². The smallest absolute Gasteiger partial charge is 0.306 e. The number of aliphatic carboxylic acids is 1. The Morgan fingerprint density at radius 2 is 2.20 bits per heavy atom. The van der Waals surface area contributed by atoms with Crippen molar-refractivity contribution in [1.82, 2.24) is 0 Å². The molecule has 2 rings (SSSR count). The third-order valence-corrected chi connectivity index (χ3v) is 2.87. The van der Waals surface area contributed by atoms with Crippen molar-refractivity contribution >= 4 is 11.7 Å². The maximum atomic E-state index is 10.8. The normalized spacial score (nSPS) is 18.8. The van der Waals surface area contributed by atoms with E-state index in [1.807, 2.05) is 18.2 Å². The standard InChI is InChI=1S/C11H13NO2.Re/c12-10-3-1-2-7-4-5-8(11(13)14)6-9(7)10;/h1-3,8H,4-6,12H2,(H,13,14);. The minimum Gasteiger partial charge on any atom is -0.481 e. The van der Waals surface area contributed by atoms with Crippen molar-refractivity contribution < 1.29 is 30.3 Å². The van der Waals surface area contributed by atoms with Gasteiger partial charge in [-0.25, -0.2) is 0 Å². The molecule has 0 bridgehead atoms. The summed E-state index contributed by atoms with van der Waals surface area (Å²) in [5.41, 5.74) is 8.78. The second-order valence-electron chi connectivity index (χ2n) is 3.76. The average Bonchev–Trinajstić information content (AvgIpc) is 2.18. The first-order chi connectivity index (χ1) is 6.68. The summed E-state index contributed by atoms with van der Waals surface area (Å²) >= 11 is 0. The minimum absolute atomic E-state index is 0. The summed E-state index contributed by atoms with van der Waals surface area (Å²) in [7, 11) is 0. The fraction of sp³-hybridized carbons (Fsp3) is 0.364. The molecule has 1 aromatic rings. The molecule has 3 N–H and O–H groups in total. The van der Waals surface area contributed by atoms with E-state index < -0.39 is 5.97 Å². The third-order valence-electron chi connectivity index (χ3n) is 2.87. The molecular formula is C11H13NO2Re. The van der Waals surface area contributed by atoms with E-state index in [0.717, 1.165) is 24.1 Å².